The molecule has 0 aliphatic rings. The summed E-state index contributed by atoms with van der Waals surface area (Å²) in [5, 5.41) is 5.98. The van der Waals surface area contributed by atoms with E-state index in [1.165, 1.54) is 36.7 Å². The van der Waals surface area contributed by atoms with E-state index in [9.17, 15) is 0 Å². The van der Waals surface area contributed by atoms with Crippen molar-refractivity contribution < 1.29 is 4.42 Å². The fraction of sp³-hybridized carbons (Fsp3) is 0.0256. The van der Waals surface area contributed by atoms with E-state index in [-0.39, 0.29) is 0 Å². The highest BCUT2D eigenvalue weighted by molar-refractivity contribution is 7.26. The Hall–Kier alpha value is -5.32. The van der Waals surface area contributed by atoms with E-state index in [0.717, 1.165) is 55.7 Å². The molecule has 0 amide bonds. The van der Waals surface area contributed by atoms with Crippen molar-refractivity contribution in [2.45, 2.75) is 6.92 Å². The lowest BCUT2D eigenvalue weighted by Crippen LogP contribution is -1.93. The third kappa shape index (κ3) is 3.80. The summed E-state index contributed by atoms with van der Waals surface area (Å²) in [6.07, 6.45) is 0. The molecule has 0 radical (unpaired) electrons. The van der Waals surface area contributed by atoms with E-state index in [1.54, 1.807) is 0 Å². The third-order valence-electron chi connectivity index (χ3n) is 8.36. The van der Waals surface area contributed by atoms with Crippen LogP contribution in [0.3, 0.4) is 0 Å². The van der Waals surface area contributed by atoms with Gasteiger partial charge in [-0.3, -0.25) is 0 Å². The molecule has 43 heavy (non-hydrogen) atoms. The number of benzene rings is 6. The van der Waals surface area contributed by atoms with E-state index in [1.807, 2.05) is 24.3 Å². The molecule has 3 heterocycles. The Morgan fingerprint density at radius 2 is 1.28 bits per heavy atom. The summed E-state index contributed by atoms with van der Waals surface area (Å²) < 4.78 is 9.11. The number of fused-ring (bicyclic) bond motifs is 8. The summed E-state index contributed by atoms with van der Waals surface area (Å²) in [6.45, 7) is 1.95. The third-order valence-corrected chi connectivity index (χ3v) is 9.58. The first-order valence-electron chi connectivity index (χ1n) is 14.4. The van der Waals surface area contributed by atoms with E-state index < -0.39 is 0 Å². The van der Waals surface area contributed by atoms with Crippen LogP contribution in [0, 0.1) is 6.92 Å². The number of hydrogen-bond donors (Lipinski definition) is 0. The molecule has 9 aromatic rings. The van der Waals surface area contributed by atoms with Gasteiger partial charge in [0.2, 0.25) is 0 Å². The van der Waals surface area contributed by atoms with E-state index >= 15 is 0 Å². The van der Waals surface area contributed by atoms with Crippen molar-refractivity contribution in [3.63, 3.8) is 0 Å². The van der Waals surface area contributed by atoms with Gasteiger partial charge in [0.05, 0.1) is 5.39 Å². The van der Waals surface area contributed by atoms with Crippen molar-refractivity contribution in [2.75, 3.05) is 0 Å². The fourth-order valence-corrected chi connectivity index (χ4v) is 7.64. The molecule has 0 bridgehead atoms. The predicted molar refractivity (Wildman–Crippen MR) is 181 cm³/mol. The summed E-state index contributed by atoms with van der Waals surface area (Å²) in [7, 11) is 0. The van der Waals surface area contributed by atoms with Crippen LogP contribution >= 0.6 is 11.3 Å². The minimum Gasteiger partial charge on any atom is -0.452 e. The van der Waals surface area contributed by atoms with Gasteiger partial charge in [0.1, 0.15) is 22.6 Å². The highest BCUT2D eigenvalue weighted by Crippen LogP contribution is 2.41. The molecule has 4 heteroatoms. The van der Waals surface area contributed by atoms with Gasteiger partial charge in [-0.2, -0.15) is 0 Å². The predicted octanol–water partition coefficient (Wildman–Crippen LogP) is 11.2. The second-order valence-electron chi connectivity index (χ2n) is 11.0. The smallest absolute Gasteiger partial charge is 0.180 e. The molecule has 0 aliphatic heterocycles. The molecule has 0 spiro atoms. The van der Waals surface area contributed by atoms with Crippen molar-refractivity contribution in [1.82, 2.24) is 9.97 Å². The van der Waals surface area contributed by atoms with Gasteiger partial charge in [-0.15, -0.1) is 11.3 Å². The Morgan fingerprint density at radius 3 is 2.16 bits per heavy atom. The van der Waals surface area contributed by atoms with Crippen LogP contribution < -0.4 is 0 Å². The normalized spacial score (nSPS) is 11.8. The van der Waals surface area contributed by atoms with Crippen LogP contribution in [0.1, 0.15) is 5.82 Å². The number of thiophene rings is 1. The first-order chi connectivity index (χ1) is 21.2. The maximum absolute atomic E-state index is 6.47. The molecule has 0 aliphatic carbocycles. The SMILES string of the molecule is Cc1nc(-c2cccc(-c3cccc(-c4cccc5c4sc4ccccc45)c3)c2)c2oc3ccc4ccccc4c3c2n1. The molecule has 0 saturated carbocycles. The van der Waals surface area contributed by atoms with Crippen LogP contribution in [-0.2, 0) is 0 Å². The molecule has 3 nitrogen and oxygen atoms in total. The molecule has 0 fully saturated rings. The van der Waals surface area contributed by atoms with Crippen molar-refractivity contribution in [1.29, 1.82) is 0 Å². The number of aromatic nitrogens is 2. The van der Waals surface area contributed by atoms with Crippen LogP contribution in [0.15, 0.2) is 132 Å². The zero-order valence-corrected chi connectivity index (χ0v) is 24.2. The van der Waals surface area contributed by atoms with E-state index in [4.69, 9.17) is 14.4 Å². The number of aryl methyl sites for hydroxylation is 1. The van der Waals surface area contributed by atoms with Crippen molar-refractivity contribution in [2.24, 2.45) is 0 Å². The van der Waals surface area contributed by atoms with Crippen molar-refractivity contribution >= 4 is 64.4 Å². The number of rotatable bonds is 3. The van der Waals surface area contributed by atoms with E-state index in [0.29, 0.717) is 0 Å². The van der Waals surface area contributed by atoms with Crippen LogP contribution in [0.25, 0.3) is 86.5 Å². The number of hydrogen-bond acceptors (Lipinski definition) is 4. The minimum absolute atomic E-state index is 0.722. The summed E-state index contributed by atoms with van der Waals surface area (Å²) >= 11 is 1.86. The molecule has 6 aromatic carbocycles. The summed E-state index contributed by atoms with van der Waals surface area (Å²) in [5.41, 5.74) is 9.00. The van der Waals surface area contributed by atoms with Crippen molar-refractivity contribution in [3.8, 4) is 33.5 Å². The Bertz CT molecular complexity index is 2540. The minimum atomic E-state index is 0.722. The fourth-order valence-electron chi connectivity index (χ4n) is 6.40. The second-order valence-corrected chi connectivity index (χ2v) is 12.1. The number of nitrogens with zero attached hydrogens (tertiary/aromatic N) is 2. The first-order valence-corrected chi connectivity index (χ1v) is 15.2. The zero-order chi connectivity index (χ0) is 28.5. The summed E-state index contributed by atoms with van der Waals surface area (Å²) in [6, 6.07) is 45.3. The monoisotopic (exact) mass is 568 g/mol. The molecular formula is C39H24N2OS. The summed E-state index contributed by atoms with van der Waals surface area (Å²) in [4.78, 5) is 9.76. The van der Waals surface area contributed by atoms with Gasteiger partial charge in [0.25, 0.3) is 0 Å². The standard InChI is InChI=1S/C39H24N2OS/c1-23-40-36(38-37(41-23)35-29-14-3-2-9-24(29)19-20-33(35)42-38)28-13-7-11-26(22-28)25-10-6-12-27(21-25)30-16-8-17-32-31-15-4-5-18-34(31)43-39(30)32/h2-22H,1H3. The molecule has 0 N–H and O–H groups in total. The topological polar surface area (TPSA) is 38.9 Å². The first kappa shape index (κ1) is 24.3. The lowest BCUT2D eigenvalue weighted by Gasteiger charge is -2.09. The van der Waals surface area contributed by atoms with Gasteiger partial charge < -0.3 is 4.42 Å². The lowest BCUT2D eigenvalue weighted by molar-refractivity contribution is 0.667. The highest BCUT2D eigenvalue weighted by atomic mass is 32.1. The van der Waals surface area contributed by atoms with Gasteiger partial charge in [0, 0.05) is 25.7 Å². The zero-order valence-electron chi connectivity index (χ0n) is 23.3. The van der Waals surface area contributed by atoms with Crippen molar-refractivity contribution in [3.05, 3.63) is 133 Å². The Kier molecular flexibility index (Phi) is 5.28. The molecule has 9 rings (SSSR count). The van der Waals surface area contributed by atoms with Gasteiger partial charge in [-0.25, -0.2) is 9.97 Å². The molecule has 0 atom stereocenters. The average molecular weight is 569 g/mol. The quantitative estimate of drug-likeness (QED) is 0.213. The summed E-state index contributed by atoms with van der Waals surface area (Å²) in [5.74, 6) is 0.724. The lowest BCUT2D eigenvalue weighted by atomic mass is 9.96. The van der Waals surface area contributed by atoms with Gasteiger partial charge >= 0.3 is 0 Å². The molecule has 0 saturated heterocycles. The van der Waals surface area contributed by atoms with Gasteiger partial charge in [0.15, 0.2) is 5.58 Å². The second kappa shape index (κ2) is 9.35. The highest BCUT2D eigenvalue weighted by Gasteiger charge is 2.18. The Morgan fingerprint density at radius 1 is 0.581 bits per heavy atom. The maximum Gasteiger partial charge on any atom is 0.180 e. The molecule has 3 aromatic heterocycles. The van der Waals surface area contributed by atoms with Crippen LogP contribution in [-0.4, -0.2) is 9.97 Å². The van der Waals surface area contributed by atoms with Crippen LogP contribution in [0.4, 0.5) is 0 Å². The van der Waals surface area contributed by atoms with E-state index in [2.05, 4.69) is 121 Å². The molecular weight excluding hydrogens is 545 g/mol. The van der Waals surface area contributed by atoms with Gasteiger partial charge in [-0.1, -0.05) is 103 Å². The molecule has 202 valence electrons. The largest absolute Gasteiger partial charge is 0.452 e. The average Bonchev–Trinajstić information content (AvgIpc) is 3.63. The van der Waals surface area contributed by atoms with Crippen LogP contribution in [0.2, 0.25) is 0 Å². The number of furan rings is 1. The maximum atomic E-state index is 6.47. The molecule has 0 unspecified atom stereocenters. The Labute approximate surface area is 251 Å². The van der Waals surface area contributed by atoms with Gasteiger partial charge in [-0.05, 0) is 64.2 Å². The Balaban J connectivity index is 1.19. The van der Waals surface area contributed by atoms with Crippen LogP contribution in [0.5, 0.6) is 0 Å².